The Kier molecular flexibility index (Phi) is 2.86. The largest absolute Gasteiger partial charge is 0.461 e. The number of esters is 1. The molecular formula is C7H7BrFNO2. The van der Waals surface area contributed by atoms with Gasteiger partial charge in [0, 0.05) is 6.07 Å². The van der Waals surface area contributed by atoms with Gasteiger partial charge >= 0.3 is 5.97 Å². The molecule has 0 aliphatic carbocycles. The summed E-state index contributed by atoms with van der Waals surface area (Å²) in [4.78, 5) is 13.5. The minimum absolute atomic E-state index is 0.149. The summed E-state index contributed by atoms with van der Waals surface area (Å²) in [6.07, 6.45) is 0. The van der Waals surface area contributed by atoms with Crippen LogP contribution in [-0.2, 0) is 4.74 Å². The van der Waals surface area contributed by atoms with Gasteiger partial charge in [-0.05, 0) is 22.9 Å². The highest BCUT2D eigenvalue weighted by Gasteiger charge is 2.15. The monoisotopic (exact) mass is 235 g/mol. The van der Waals surface area contributed by atoms with Crippen LogP contribution in [0.2, 0.25) is 0 Å². The molecule has 1 heterocycles. The fraction of sp³-hybridized carbons (Fsp3) is 0.286. The van der Waals surface area contributed by atoms with E-state index in [1.54, 1.807) is 6.92 Å². The zero-order chi connectivity index (χ0) is 9.14. The Morgan fingerprint density at radius 1 is 1.83 bits per heavy atom. The fourth-order valence-electron chi connectivity index (χ4n) is 0.750. The second-order valence-corrected chi connectivity index (χ2v) is 2.92. The van der Waals surface area contributed by atoms with Gasteiger partial charge in [-0.25, -0.2) is 9.18 Å². The SMILES string of the molecule is CCOC(=O)c1[nH]c(Br)cc1F. The molecule has 0 aliphatic rings. The maximum absolute atomic E-state index is 12.8. The Hall–Kier alpha value is -0.840. The number of rotatable bonds is 2. The van der Waals surface area contributed by atoms with E-state index in [1.165, 1.54) is 6.07 Å². The van der Waals surface area contributed by atoms with Crippen molar-refractivity contribution in [3.63, 3.8) is 0 Å². The summed E-state index contributed by atoms with van der Waals surface area (Å²) in [5.41, 5.74) is -0.149. The number of carbonyl (C=O) groups excluding carboxylic acids is 1. The Morgan fingerprint density at radius 2 is 2.50 bits per heavy atom. The van der Waals surface area contributed by atoms with Crippen LogP contribution in [0, 0.1) is 5.82 Å². The minimum atomic E-state index is -0.680. The number of hydrogen-bond acceptors (Lipinski definition) is 2. The standard InChI is InChI=1S/C7H7BrFNO2/c1-2-12-7(11)6-4(9)3-5(8)10-6/h3,10H,2H2,1H3. The second kappa shape index (κ2) is 3.71. The van der Waals surface area contributed by atoms with Crippen LogP contribution in [0.5, 0.6) is 0 Å². The van der Waals surface area contributed by atoms with E-state index >= 15 is 0 Å². The lowest BCUT2D eigenvalue weighted by atomic mass is 10.4. The Labute approximate surface area is 77.0 Å². The van der Waals surface area contributed by atoms with Gasteiger partial charge in [-0.1, -0.05) is 0 Å². The van der Waals surface area contributed by atoms with Crippen LogP contribution >= 0.6 is 15.9 Å². The predicted octanol–water partition coefficient (Wildman–Crippen LogP) is 2.09. The summed E-state index contributed by atoms with van der Waals surface area (Å²) in [5.74, 6) is -1.29. The van der Waals surface area contributed by atoms with Crippen molar-refractivity contribution in [3.05, 3.63) is 22.2 Å². The number of H-pyrrole nitrogens is 1. The van der Waals surface area contributed by atoms with E-state index in [0.717, 1.165) is 0 Å². The van der Waals surface area contributed by atoms with Crippen molar-refractivity contribution >= 4 is 21.9 Å². The molecule has 0 aromatic carbocycles. The third kappa shape index (κ3) is 1.85. The number of nitrogens with one attached hydrogen (secondary N) is 1. The van der Waals surface area contributed by atoms with Crippen LogP contribution in [0.15, 0.2) is 10.7 Å². The molecule has 1 aromatic rings. The molecule has 0 fully saturated rings. The summed E-state index contributed by atoms with van der Waals surface area (Å²) < 4.78 is 17.8. The van der Waals surface area contributed by atoms with Crippen LogP contribution in [-0.4, -0.2) is 17.6 Å². The maximum atomic E-state index is 12.8. The molecule has 1 aromatic heterocycles. The van der Waals surface area contributed by atoms with Gasteiger partial charge < -0.3 is 9.72 Å². The molecule has 0 spiro atoms. The third-order valence-electron chi connectivity index (χ3n) is 1.22. The fourth-order valence-corrected chi connectivity index (χ4v) is 1.15. The van der Waals surface area contributed by atoms with Crippen molar-refractivity contribution in [2.24, 2.45) is 0 Å². The van der Waals surface area contributed by atoms with E-state index in [4.69, 9.17) is 0 Å². The van der Waals surface area contributed by atoms with E-state index in [2.05, 4.69) is 25.7 Å². The molecule has 1 rings (SSSR count). The van der Waals surface area contributed by atoms with Crippen LogP contribution in [0.3, 0.4) is 0 Å². The van der Waals surface area contributed by atoms with Crippen LogP contribution in [0.1, 0.15) is 17.4 Å². The van der Waals surface area contributed by atoms with E-state index in [1.807, 2.05) is 0 Å². The summed E-state index contributed by atoms with van der Waals surface area (Å²) >= 11 is 3.00. The molecule has 0 unspecified atom stereocenters. The van der Waals surface area contributed by atoms with Gasteiger partial charge in [0.2, 0.25) is 0 Å². The molecule has 0 amide bonds. The lowest BCUT2D eigenvalue weighted by Crippen LogP contribution is -2.06. The van der Waals surface area contributed by atoms with Gasteiger partial charge in [0.15, 0.2) is 11.5 Å². The number of ether oxygens (including phenoxy) is 1. The summed E-state index contributed by atoms with van der Waals surface area (Å²) in [7, 11) is 0. The number of carbonyl (C=O) groups is 1. The number of aromatic nitrogens is 1. The molecule has 3 nitrogen and oxygen atoms in total. The summed E-state index contributed by atoms with van der Waals surface area (Å²) in [5, 5.41) is 0. The molecule has 0 atom stereocenters. The molecule has 12 heavy (non-hydrogen) atoms. The average molecular weight is 236 g/mol. The molecule has 0 saturated carbocycles. The van der Waals surface area contributed by atoms with Crippen molar-refractivity contribution in [1.29, 1.82) is 0 Å². The quantitative estimate of drug-likeness (QED) is 0.799. The molecule has 1 N–H and O–H groups in total. The number of aromatic amines is 1. The second-order valence-electron chi connectivity index (χ2n) is 2.06. The van der Waals surface area contributed by atoms with Crippen LogP contribution < -0.4 is 0 Å². The lowest BCUT2D eigenvalue weighted by Gasteiger charge is -1.97. The lowest BCUT2D eigenvalue weighted by molar-refractivity contribution is 0.0515. The zero-order valence-electron chi connectivity index (χ0n) is 6.36. The molecule has 0 radical (unpaired) electrons. The van der Waals surface area contributed by atoms with Gasteiger partial charge in [0.1, 0.15) is 0 Å². The van der Waals surface area contributed by atoms with Gasteiger partial charge in [0.25, 0.3) is 0 Å². The predicted molar refractivity (Wildman–Crippen MR) is 44.4 cm³/mol. The Morgan fingerprint density at radius 3 is 2.92 bits per heavy atom. The van der Waals surface area contributed by atoms with Crippen molar-refractivity contribution in [1.82, 2.24) is 4.98 Å². The summed E-state index contributed by atoms with van der Waals surface area (Å²) in [6, 6.07) is 1.17. The highest BCUT2D eigenvalue weighted by molar-refractivity contribution is 9.10. The average Bonchev–Trinajstić information content (AvgIpc) is 2.30. The molecule has 66 valence electrons. The third-order valence-corrected chi connectivity index (χ3v) is 1.64. The van der Waals surface area contributed by atoms with Crippen molar-refractivity contribution in [2.75, 3.05) is 6.61 Å². The molecule has 0 bridgehead atoms. The van der Waals surface area contributed by atoms with E-state index in [-0.39, 0.29) is 12.3 Å². The molecule has 0 aliphatic heterocycles. The number of hydrogen-bond donors (Lipinski definition) is 1. The normalized spacial score (nSPS) is 9.92. The number of halogens is 2. The first-order valence-electron chi connectivity index (χ1n) is 3.36. The zero-order valence-corrected chi connectivity index (χ0v) is 7.94. The topological polar surface area (TPSA) is 42.1 Å². The summed E-state index contributed by atoms with van der Waals surface area (Å²) in [6.45, 7) is 1.89. The van der Waals surface area contributed by atoms with Gasteiger partial charge in [-0.2, -0.15) is 0 Å². The van der Waals surface area contributed by atoms with Gasteiger partial charge in [0.05, 0.1) is 11.2 Å². The molecule has 5 heteroatoms. The van der Waals surface area contributed by atoms with Gasteiger partial charge in [-0.3, -0.25) is 0 Å². The van der Waals surface area contributed by atoms with Crippen LogP contribution in [0.25, 0.3) is 0 Å². The minimum Gasteiger partial charge on any atom is -0.461 e. The highest BCUT2D eigenvalue weighted by Crippen LogP contribution is 2.14. The smallest absolute Gasteiger partial charge is 0.357 e. The molecular weight excluding hydrogens is 229 g/mol. The molecule has 0 saturated heterocycles. The van der Waals surface area contributed by atoms with E-state index in [9.17, 15) is 9.18 Å². The van der Waals surface area contributed by atoms with Gasteiger partial charge in [-0.15, -0.1) is 0 Å². The van der Waals surface area contributed by atoms with Crippen molar-refractivity contribution in [3.8, 4) is 0 Å². The van der Waals surface area contributed by atoms with E-state index < -0.39 is 11.8 Å². The first-order chi connectivity index (χ1) is 5.65. The van der Waals surface area contributed by atoms with Crippen molar-refractivity contribution in [2.45, 2.75) is 6.92 Å². The van der Waals surface area contributed by atoms with Crippen molar-refractivity contribution < 1.29 is 13.9 Å². The maximum Gasteiger partial charge on any atom is 0.357 e. The Bertz CT molecular complexity index is 298. The van der Waals surface area contributed by atoms with E-state index in [0.29, 0.717) is 4.60 Å². The highest BCUT2D eigenvalue weighted by atomic mass is 79.9. The first-order valence-corrected chi connectivity index (χ1v) is 4.15. The first kappa shape index (κ1) is 9.25. The van der Waals surface area contributed by atoms with Crippen LogP contribution in [0.4, 0.5) is 4.39 Å². The Balaban J connectivity index is 2.87.